The number of thioether (sulfide) groups is 1. The fourth-order valence-corrected chi connectivity index (χ4v) is 5.79. The molecule has 4 aromatic rings. The van der Waals surface area contributed by atoms with Crippen LogP contribution in [0.4, 0.5) is 18.9 Å². The van der Waals surface area contributed by atoms with Crippen molar-refractivity contribution in [2.45, 2.75) is 36.5 Å². The largest absolute Gasteiger partial charge is 0.493 e. The molecule has 0 radical (unpaired) electrons. The molecule has 1 aliphatic rings. The Bertz CT molecular complexity index is 1740. The highest BCUT2D eigenvalue weighted by Gasteiger charge is 2.36. The van der Waals surface area contributed by atoms with E-state index in [4.69, 9.17) is 20.3 Å². The maximum absolute atomic E-state index is 14.9. The third-order valence-corrected chi connectivity index (χ3v) is 8.27. The van der Waals surface area contributed by atoms with Crippen LogP contribution in [0.3, 0.4) is 0 Å². The van der Waals surface area contributed by atoms with Crippen molar-refractivity contribution in [3.05, 3.63) is 89.0 Å². The van der Waals surface area contributed by atoms with E-state index in [2.05, 4.69) is 9.98 Å². The van der Waals surface area contributed by atoms with Crippen LogP contribution in [0.5, 0.6) is 17.2 Å². The number of benzene rings is 3. The number of carboxylic acids is 1. The smallest absolute Gasteiger partial charge is 0.303 e. The van der Waals surface area contributed by atoms with Gasteiger partial charge in [0.25, 0.3) is 0 Å². The molecule has 1 atom stereocenters. The quantitative estimate of drug-likeness (QED) is 0.150. The number of aromatic amines is 1. The molecule has 1 unspecified atom stereocenters. The van der Waals surface area contributed by atoms with E-state index in [1.165, 1.54) is 36.3 Å². The molecule has 0 fully saturated rings. The topological polar surface area (TPSA) is 112 Å². The number of allylic oxidation sites excluding steroid dienone is 2. The second-order valence-corrected chi connectivity index (χ2v) is 10.9. The van der Waals surface area contributed by atoms with E-state index in [0.29, 0.717) is 41.2 Å². The normalized spacial score (nSPS) is 16.9. The van der Waals surface area contributed by atoms with Gasteiger partial charge < -0.3 is 25.3 Å². The van der Waals surface area contributed by atoms with Gasteiger partial charge in [-0.3, -0.25) is 4.79 Å². The van der Waals surface area contributed by atoms with Crippen LogP contribution in [-0.4, -0.2) is 35.1 Å². The minimum Gasteiger partial charge on any atom is -0.493 e. The number of rotatable bonds is 9. The Labute approximate surface area is 244 Å². The molecule has 1 aliphatic heterocycles. The van der Waals surface area contributed by atoms with Crippen molar-refractivity contribution in [3.63, 3.8) is 0 Å². The summed E-state index contributed by atoms with van der Waals surface area (Å²) in [7, 11) is 0. The van der Waals surface area contributed by atoms with Crippen LogP contribution >= 0.6 is 11.8 Å². The molecule has 5 rings (SSSR count). The molecule has 0 bridgehead atoms. The minimum atomic E-state index is -1.15. The van der Waals surface area contributed by atoms with Crippen molar-refractivity contribution in [1.29, 1.82) is 0 Å². The summed E-state index contributed by atoms with van der Waals surface area (Å²) in [6.45, 7) is 2.37. The van der Waals surface area contributed by atoms with Gasteiger partial charge >= 0.3 is 5.97 Å². The molecule has 5 N–H and O–H groups in total. The molecule has 3 aromatic carbocycles. The van der Waals surface area contributed by atoms with Gasteiger partial charge in [0.15, 0.2) is 23.6 Å². The lowest BCUT2D eigenvalue weighted by Gasteiger charge is -2.37. The summed E-state index contributed by atoms with van der Waals surface area (Å²) in [5.74, 6) is -3.23. The van der Waals surface area contributed by atoms with Gasteiger partial charge in [-0.1, -0.05) is 18.2 Å². The SMILES string of the molecule is CSc1c(Oc2ccc(F)c([NH+]=C/C=C(\N)C3(C)CCOc4c(CCC(=O)O)cccc43)c2)c(F)c(F)c2[nH]ccc12. The molecule has 0 amide bonds. The number of ether oxygens (including phenoxy) is 2. The molecular weight excluding hydrogens is 567 g/mol. The maximum Gasteiger partial charge on any atom is 0.303 e. The Morgan fingerprint density at radius 2 is 2.05 bits per heavy atom. The maximum atomic E-state index is 14.9. The number of aliphatic carboxylic acids is 1. The second-order valence-electron chi connectivity index (χ2n) is 10.1. The fraction of sp³-hybridized carbons (Fsp3) is 0.226. The summed E-state index contributed by atoms with van der Waals surface area (Å²) in [5, 5.41) is 9.57. The fourth-order valence-electron chi connectivity index (χ4n) is 5.09. The van der Waals surface area contributed by atoms with Gasteiger partial charge in [0, 0.05) is 40.8 Å². The standard InChI is InChI=1S/C31H28F3N3O4S/c1-31(12-15-40-28-17(6-9-24(38)39)4-3-5-20(28)31)23(35)11-14-36-22-16-18(7-8-21(22)32)41-29-26(34)25(33)27-19(10-13-37-27)30(29)42-2/h3-5,7-8,10-11,13-14,16,37H,6,9,12,15,35H2,1-2H3,(H,38,39)/p+1/b23-11-,36-14?. The first-order valence-electron chi connectivity index (χ1n) is 13.2. The van der Waals surface area contributed by atoms with Crippen molar-refractivity contribution in [3.8, 4) is 17.2 Å². The molecule has 11 heteroatoms. The summed E-state index contributed by atoms with van der Waals surface area (Å²) in [6.07, 6.45) is 7.26. The number of fused-ring (bicyclic) bond motifs is 2. The van der Waals surface area contributed by atoms with Crippen LogP contribution in [-0.2, 0) is 16.6 Å². The van der Waals surface area contributed by atoms with Crippen LogP contribution in [0, 0.1) is 17.5 Å². The van der Waals surface area contributed by atoms with Gasteiger partial charge in [-0.25, -0.2) is 9.38 Å². The summed E-state index contributed by atoms with van der Waals surface area (Å²) in [5.41, 5.74) is 8.15. The number of carbonyl (C=O) groups is 1. The predicted octanol–water partition coefficient (Wildman–Crippen LogP) is 5.48. The number of H-pyrrole nitrogens is 1. The van der Waals surface area contributed by atoms with Crippen molar-refractivity contribution in [2.24, 2.45) is 5.73 Å². The van der Waals surface area contributed by atoms with E-state index < -0.39 is 28.8 Å². The molecule has 42 heavy (non-hydrogen) atoms. The molecule has 0 saturated carbocycles. The third-order valence-electron chi connectivity index (χ3n) is 7.46. The lowest BCUT2D eigenvalue weighted by Crippen LogP contribution is -2.61. The highest BCUT2D eigenvalue weighted by atomic mass is 32.2. The van der Waals surface area contributed by atoms with Crippen LogP contribution < -0.4 is 20.2 Å². The van der Waals surface area contributed by atoms with E-state index in [-0.39, 0.29) is 29.1 Å². The number of para-hydroxylation sites is 1. The lowest BCUT2D eigenvalue weighted by atomic mass is 9.74. The zero-order valence-electron chi connectivity index (χ0n) is 22.9. The van der Waals surface area contributed by atoms with Gasteiger partial charge in [0.1, 0.15) is 11.5 Å². The first kappa shape index (κ1) is 29.1. The number of halogens is 3. The van der Waals surface area contributed by atoms with Crippen LogP contribution in [0.25, 0.3) is 10.9 Å². The van der Waals surface area contributed by atoms with Gasteiger partial charge in [-0.05, 0) is 49.8 Å². The molecule has 2 heterocycles. The van der Waals surface area contributed by atoms with Gasteiger partial charge in [0.05, 0.1) is 23.1 Å². The summed E-state index contributed by atoms with van der Waals surface area (Å²) in [6, 6.07) is 11.1. The number of hydrogen-bond donors (Lipinski definition) is 4. The van der Waals surface area contributed by atoms with E-state index in [9.17, 15) is 18.0 Å². The van der Waals surface area contributed by atoms with Gasteiger partial charge in [-0.15, -0.1) is 11.8 Å². The van der Waals surface area contributed by atoms with E-state index >= 15 is 0 Å². The van der Waals surface area contributed by atoms with Crippen LogP contribution in [0.1, 0.15) is 30.9 Å². The number of aryl methyl sites for hydroxylation is 1. The average Bonchev–Trinajstić information content (AvgIpc) is 3.46. The molecule has 218 valence electrons. The highest BCUT2D eigenvalue weighted by molar-refractivity contribution is 7.99. The van der Waals surface area contributed by atoms with E-state index in [1.807, 2.05) is 25.1 Å². The van der Waals surface area contributed by atoms with Crippen molar-refractivity contribution in [1.82, 2.24) is 4.98 Å². The van der Waals surface area contributed by atoms with Crippen LogP contribution in [0.15, 0.2) is 65.3 Å². The Morgan fingerprint density at radius 1 is 1.24 bits per heavy atom. The first-order chi connectivity index (χ1) is 20.1. The minimum absolute atomic E-state index is 0.0191. The van der Waals surface area contributed by atoms with E-state index in [0.717, 1.165) is 17.2 Å². The molecule has 0 saturated heterocycles. The molecule has 0 aliphatic carbocycles. The van der Waals surface area contributed by atoms with Crippen LogP contribution in [0.2, 0.25) is 0 Å². The Hall–Kier alpha value is -4.38. The predicted molar refractivity (Wildman–Crippen MR) is 155 cm³/mol. The number of nitrogens with one attached hydrogen (secondary N) is 2. The Kier molecular flexibility index (Phi) is 8.22. The second kappa shape index (κ2) is 11.8. The molecule has 1 aromatic heterocycles. The zero-order chi connectivity index (χ0) is 30.0. The zero-order valence-corrected chi connectivity index (χ0v) is 23.7. The summed E-state index contributed by atoms with van der Waals surface area (Å²) < 4.78 is 56.0. The van der Waals surface area contributed by atoms with Gasteiger partial charge in [-0.2, -0.15) is 8.78 Å². The average molecular weight is 597 g/mol. The lowest BCUT2D eigenvalue weighted by molar-refractivity contribution is -0.349. The highest BCUT2D eigenvalue weighted by Crippen LogP contribution is 2.44. The number of carboxylic acid groups (broad SMARTS) is 1. The number of nitrogens with two attached hydrogens (primary N) is 1. The van der Waals surface area contributed by atoms with Crippen molar-refractivity contribution in [2.75, 3.05) is 12.9 Å². The first-order valence-corrected chi connectivity index (χ1v) is 14.4. The van der Waals surface area contributed by atoms with Gasteiger partial charge in [0.2, 0.25) is 11.5 Å². The summed E-state index contributed by atoms with van der Waals surface area (Å²) >= 11 is 1.20. The molecule has 7 nitrogen and oxygen atoms in total. The van der Waals surface area contributed by atoms with E-state index in [1.54, 1.807) is 18.4 Å². The monoisotopic (exact) mass is 596 g/mol. The van der Waals surface area contributed by atoms with Crippen molar-refractivity contribution < 1.29 is 37.5 Å². The third kappa shape index (κ3) is 5.44. The number of hydrogen-bond acceptors (Lipinski definition) is 5. The molecule has 0 spiro atoms. The Balaban J connectivity index is 1.41. The van der Waals surface area contributed by atoms with Crippen molar-refractivity contribution >= 4 is 40.5 Å². The number of aromatic nitrogens is 1. The molecular formula is C31H29F3N3O4S+. The Morgan fingerprint density at radius 3 is 2.81 bits per heavy atom. The summed E-state index contributed by atoms with van der Waals surface area (Å²) in [4.78, 5) is 17.1.